The van der Waals surface area contributed by atoms with Crippen molar-refractivity contribution in [2.75, 3.05) is 37.4 Å². The Labute approximate surface area is 149 Å². The van der Waals surface area contributed by atoms with Crippen molar-refractivity contribution in [3.05, 3.63) is 53.7 Å². The Bertz CT molecular complexity index is 719. The molecule has 1 aromatic carbocycles. The average molecular weight is 338 g/mol. The van der Waals surface area contributed by atoms with Crippen LogP contribution < -0.4 is 10.2 Å². The molecule has 0 radical (unpaired) electrons. The van der Waals surface area contributed by atoms with Gasteiger partial charge in [0.15, 0.2) is 0 Å². The molecule has 0 atom stereocenters. The number of aryl methyl sites for hydroxylation is 1. The average Bonchev–Trinajstić information content (AvgIpc) is 2.62. The van der Waals surface area contributed by atoms with Crippen molar-refractivity contribution in [1.82, 2.24) is 9.88 Å². The van der Waals surface area contributed by atoms with Gasteiger partial charge in [0.1, 0.15) is 5.82 Å². The number of nitrogens with zero attached hydrogens (tertiary/aromatic N) is 3. The maximum atomic E-state index is 11.9. The number of carbonyl (C=O) groups excluding carboxylic acids is 1. The summed E-state index contributed by atoms with van der Waals surface area (Å²) in [6.45, 7) is 4.05. The first-order valence-electron chi connectivity index (χ1n) is 8.79. The normalized spacial score (nSPS) is 15.1. The maximum absolute atomic E-state index is 11.9. The van der Waals surface area contributed by atoms with Crippen LogP contribution in [0.15, 0.2) is 42.6 Å². The molecule has 1 aromatic heterocycles. The fourth-order valence-electron chi connectivity index (χ4n) is 3.18. The molecule has 1 amide bonds. The van der Waals surface area contributed by atoms with E-state index >= 15 is 0 Å². The van der Waals surface area contributed by atoms with Crippen molar-refractivity contribution in [2.24, 2.45) is 0 Å². The Morgan fingerprint density at radius 2 is 1.96 bits per heavy atom. The van der Waals surface area contributed by atoms with E-state index in [2.05, 4.69) is 46.4 Å². The van der Waals surface area contributed by atoms with Gasteiger partial charge in [0, 0.05) is 45.1 Å². The summed E-state index contributed by atoms with van der Waals surface area (Å²) in [6.07, 6.45) is 3.83. The van der Waals surface area contributed by atoms with E-state index in [1.807, 2.05) is 12.1 Å². The number of amides is 1. The van der Waals surface area contributed by atoms with Gasteiger partial charge in [0.25, 0.3) is 5.91 Å². The molecule has 3 rings (SSSR count). The second-order valence-corrected chi connectivity index (χ2v) is 6.88. The van der Waals surface area contributed by atoms with E-state index in [0.717, 1.165) is 31.7 Å². The van der Waals surface area contributed by atoms with Crippen LogP contribution in [-0.4, -0.2) is 49.0 Å². The lowest BCUT2D eigenvalue weighted by Crippen LogP contribution is -2.39. The van der Waals surface area contributed by atoms with Crippen LogP contribution in [0.1, 0.15) is 28.8 Å². The molecule has 132 valence electrons. The largest absolute Gasteiger partial charge is 0.382 e. The predicted octanol–water partition coefficient (Wildman–Crippen LogP) is 3.17. The number of piperidine rings is 1. The lowest BCUT2D eigenvalue weighted by molar-refractivity contribution is 0.0827. The summed E-state index contributed by atoms with van der Waals surface area (Å²) in [5.41, 5.74) is 3.10. The third-order valence-electron chi connectivity index (χ3n) is 4.61. The summed E-state index contributed by atoms with van der Waals surface area (Å²) in [6, 6.07) is 12.8. The van der Waals surface area contributed by atoms with E-state index in [4.69, 9.17) is 0 Å². The van der Waals surface area contributed by atoms with Crippen LogP contribution in [0.3, 0.4) is 0 Å². The van der Waals surface area contributed by atoms with Gasteiger partial charge in [0.05, 0.1) is 5.56 Å². The van der Waals surface area contributed by atoms with Crippen molar-refractivity contribution in [3.8, 4) is 0 Å². The van der Waals surface area contributed by atoms with Gasteiger partial charge in [-0.05, 0) is 49.6 Å². The first-order valence-corrected chi connectivity index (χ1v) is 8.79. The van der Waals surface area contributed by atoms with Gasteiger partial charge in [-0.15, -0.1) is 0 Å². The third kappa shape index (κ3) is 4.29. The van der Waals surface area contributed by atoms with Crippen LogP contribution in [0.25, 0.3) is 0 Å². The SMILES string of the molecule is Cc1cccc(NC2CCN(c3ccc(C(=O)N(C)C)cn3)CC2)c1. The zero-order valence-corrected chi connectivity index (χ0v) is 15.2. The number of rotatable bonds is 4. The minimum absolute atomic E-state index is 0.0138. The summed E-state index contributed by atoms with van der Waals surface area (Å²) < 4.78 is 0. The first kappa shape index (κ1) is 17.3. The summed E-state index contributed by atoms with van der Waals surface area (Å²) in [5.74, 6) is 0.935. The van der Waals surface area contributed by atoms with Crippen LogP contribution in [0.5, 0.6) is 0 Å². The van der Waals surface area contributed by atoms with Crippen molar-refractivity contribution in [1.29, 1.82) is 0 Å². The molecule has 1 aliphatic rings. The molecule has 2 heterocycles. The number of hydrogen-bond acceptors (Lipinski definition) is 4. The Morgan fingerprint density at radius 1 is 1.20 bits per heavy atom. The molecule has 2 aromatic rings. The number of nitrogens with one attached hydrogen (secondary N) is 1. The van der Waals surface area contributed by atoms with Gasteiger partial charge >= 0.3 is 0 Å². The molecular formula is C20H26N4O. The predicted molar refractivity (Wildman–Crippen MR) is 102 cm³/mol. The summed E-state index contributed by atoms with van der Waals surface area (Å²) in [5, 5.41) is 3.63. The Kier molecular flexibility index (Phi) is 5.22. The van der Waals surface area contributed by atoms with Crippen LogP contribution in [0, 0.1) is 6.92 Å². The minimum Gasteiger partial charge on any atom is -0.382 e. The number of hydrogen-bond donors (Lipinski definition) is 1. The highest BCUT2D eigenvalue weighted by Gasteiger charge is 2.20. The van der Waals surface area contributed by atoms with E-state index < -0.39 is 0 Å². The van der Waals surface area contributed by atoms with Crippen molar-refractivity contribution >= 4 is 17.4 Å². The monoisotopic (exact) mass is 338 g/mol. The lowest BCUT2D eigenvalue weighted by Gasteiger charge is -2.33. The Balaban J connectivity index is 1.56. The molecule has 0 spiro atoms. The van der Waals surface area contributed by atoms with Gasteiger partial charge in [-0.1, -0.05) is 12.1 Å². The van der Waals surface area contributed by atoms with Gasteiger partial charge in [0.2, 0.25) is 0 Å². The summed E-state index contributed by atoms with van der Waals surface area (Å²) in [7, 11) is 3.50. The number of benzene rings is 1. The highest BCUT2D eigenvalue weighted by atomic mass is 16.2. The molecule has 0 unspecified atom stereocenters. The Hall–Kier alpha value is -2.56. The van der Waals surface area contributed by atoms with E-state index in [-0.39, 0.29) is 5.91 Å². The van der Waals surface area contributed by atoms with Gasteiger partial charge in [-0.2, -0.15) is 0 Å². The van der Waals surface area contributed by atoms with E-state index in [9.17, 15) is 4.79 Å². The van der Waals surface area contributed by atoms with Crippen LogP contribution in [0.2, 0.25) is 0 Å². The fourth-order valence-corrected chi connectivity index (χ4v) is 3.18. The van der Waals surface area contributed by atoms with Crippen molar-refractivity contribution in [3.63, 3.8) is 0 Å². The lowest BCUT2D eigenvalue weighted by atomic mass is 10.0. The molecule has 1 aliphatic heterocycles. The molecule has 1 fully saturated rings. The summed E-state index contributed by atoms with van der Waals surface area (Å²) >= 11 is 0. The zero-order valence-electron chi connectivity index (χ0n) is 15.2. The molecule has 0 bridgehead atoms. The first-order chi connectivity index (χ1) is 12.0. The highest BCUT2D eigenvalue weighted by molar-refractivity contribution is 5.93. The van der Waals surface area contributed by atoms with Crippen LogP contribution in [0.4, 0.5) is 11.5 Å². The minimum atomic E-state index is -0.0138. The zero-order chi connectivity index (χ0) is 17.8. The third-order valence-corrected chi connectivity index (χ3v) is 4.61. The smallest absolute Gasteiger partial charge is 0.254 e. The van der Waals surface area contributed by atoms with Gasteiger partial charge in [-0.25, -0.2) is 4.98 Å². The maximum Gasteiger partial charge on any atom is 0.254 e. The molecule has 5 heteroatoms. The topological polar surface area (TPSA) is 48.5 Å². The Morgan fingerprint density at radius 3 is 2.56 bits per heavy atom. The van der Waals surface area contributed by atoms with E-state index in [1.54, 1.807) is 25.2 Å². The standard InChI is InChI=1S/C20H26N4O/c1-15-5-4-6-18(13-15)22-17-9-11-24(12-10-17)19-8-7-16(14-21-19)20(25)23(2)3/h4-8,13-14,17,22H,9-12H2,1-3H3. The molecule has 5 nitrogen and oxygen atoms in total. The molecule has 0 saturated carbocycles. The molecule has 25 heavy (non-hydrogen) atoms. The molecule has 1 N–H and O–H groups in total. The van der Waals surface area contributed by atoms with E-state index in [1.165, 1.54) is 11.3 Å². The number of aromatic nitrogens is 1. The number of carbonyl (C=O) groups is 1. The number of anilines is 2. The second kappa shape index (κ2) is 7.55. The van der Waals surface area contributed by atoms with Crippen LogP contribution in [-0.2, 0) is 0 Å². The highest BCUT2D eigenvalue weighted by Crippen LogP contribution is 2.21. The number of pyridine rings is 1. The van der Waals surface area contributed by atoms with Crippen molar-refractivity contribution < 1.29 is 4.79 Å². The fraction of sp³-hybridized carbons (Fsp3) is 0.400. The quantitative estimate of drug-likeness (QED) is 0.930. The molecule has 1 saturated heterocycles. The van der Waals surface area contributed by atoms with Crippen molar-refractivity contribution in [2.45, 2.75) is 25.8 Å². The van der Waals surface area contributed by atoms with Gasteiger partial charge in [-0.3, -0.25) is 4.79 Å². The van der Waals surface area contributed by atoms with Gasteiger partial charge < -0.3 is 15.1 Å². The second-order valence-electron chi connectivity index (χ2n) is 6.88. The molecular weight excluding hydrogens is 312 g/mol. The van der Waals surface area contributed by atoms with E-state index in [0.29, 0.717) is 11.6 Å². The van der Waals surface area contributed by atoms with Crippen LogP contribution >= 0.6 is 0 Å². The summed E-state index contributed by atoms with van der Waals surface area (Å²) in [4.78, 5) is 20.3. The molecule has 0 aliphatic carbocycles.